The molecule has 0 bridgehead atoms. The van der Waals surface area contributed by atoms with E-state index in [1.54, 1.807) is 14.2 Å². The lowest BCUT2D eigenvalue weighted by atomic mass is 9.76. The smallest absolute Gasteiger partial charge is 0.118 e. The number of hydrogen-bond acceptors (Lipinski definition) is 4. The van der Waals surface area contributed by atoms with Crippen LogP contribution >= 0.6 is 0 Å². The summed E-state index contributed by atoms with van der Waals surface area (Å²) in [6.07, 6.45) is 1.85. The third-order valence-corrected chi connectivity index (χ3v) is 3.73. The normalized spacial score (nSPS) is 23.7. The maximum absolute atomic E-state index is 9.56. The van der Waals surface area contributed by atoms with E-state index in [4.69, 9.17) is 9.47 Å². The summed E-state index contributed by atoms with van der Waals surface area (Å²) in [5.74, 6) is 1.53. The van der Waals surface area contributed by atoms with Gasteiger partial charge in [0.25, 0.3) is 0 Å². The second kappa shape index (κ2) is 6.89. The van der Waals surface area contributed by atoms with Crippen molar-refractivity contribution in [1.29, 1.82) is 0 Å². The Bertz CT molecular complexity index is 373. The zero-order valence-corrected chi connectivity index (χ0v) is 11.6. The average Bonchev–Trinajstić information content (AvgIpc) is 2.38. The molecule has 1 aromatic carbocycles. The first-order chi connectivity index (χ1) is 9.22. The summed E-state index contributed by atoms with van der Waals surface area (Å²) >= 11 is 0. The Balaban J connectivity index is 1.70. The zero-order chi connectivity index (χ0) is 13.7. The molecule has 0 aliphatic heterocycles. The van der Waals surface area contributed by atoms with Crippen LogP contribution in [-0.2, 0) is 4.74 Å². The minimum atomic E-state index is -0.412. The van der Waals surface area contributed by atoms with Crippen LogP contribution in [0.25, 0.3) is 0 Å². The van der Waals surface area contributed by atoms with Crippen molar-refractivity contribution in [2.45, 2.75) is 30.9 Å². The molecular formula is C15H23NO3. The molecule has 1 fully saturated rings. The molecule has 0 spiro atoms. The fourth-order valence-corrected chi connectivity index (χ4v) is 2.49. The standard InChI is InChI=1S/C15H23NO3/c1-18-10-14(17)9-16-13-7-12(8-13)11-3-5-15(19-2)6-4-11/h3-6,12-14,16-17H,7-10H2,1-2H3. The predicted molar refractivity (Wildman–Crippen MR) is 74.6 cm³/mol. The van der Waals surface area contributed by atoms with Crippen molar-refractivity contribution in [3.63, 3.8) is 0 Å². The van der Waals surface area contributed by atoms with E-state index in [2.05, 4.69) is 17.4 Å². The molecule has 2 N–H and O–H groups in total. The number of hydrogen-bond donors (Lipinski definition) is 2. The monoisotopic (exact) mass is 265 g/mol. The van der Waals surface area contributed by atoms with E-state index in [1.165, 1.54) is 5.56 Å². The van der Waals surface area contributed by atoms with Crippen LogP contribution in [0.2, 0.25) is 0 Å². The summed E-state index contributed by atoms with van der Waals surface area (Å²) in [5.41, 5.74) is 1.37. The molecule has 0 saturated heterocycles. The Morgan fingerprint density at radius 1 is 1.26 bits per heavy atom. The van der Waals surface area contributed by atoms with Gasteiger partial charge in [-0.1, -0.05) is 12.1 Å². The molecule has 4 nitrogen and oxygen atoms in total. The van der Waals surface area contributed by atoms with E-state index >= 15 is 0 Å². The van der Waals surface area contributed by atoms with Crippen molar-refractivity contribution in [2.75, 3.05) is 27.4 Å². The number of aliphatic hydroxyl groups is 1. The van der Waals surface area contributed by atoms with Gasteiger partial charge in [-0.05, 0) is 36.5 Å². The predicted octanol–water partition coefficient (Wildman–Crippen LogP) is 1.54. The molecule has 0 heterocycles. The lowest BCUT2D eigenvalue weighted by molar-refractivity contribution is 0.0597. The Labute approximate surface area is 114 Å². The maximum atomic E-state index is 9.56. The summed E-state index contributed by atoms with van der Waals surface area (Å²) in [6, 6.07) is 8.81. The Morgan fingerprint density at radius 2 is 1.95 bits per heavy atom. The van der Waals surface area contributed by atoms with Gasteiger partial charge in [-0.3, -0.25) is 0 Å². The van der Waals surface area contributed by atoms with Gasteiger partial charge in [-0.25, -0.2) is 0 Å². The first-order valence-corrected chi connectivity index (χ1v) is 6.77. The van der Waals surface area contributed by atoms with Gasteiger partial charge in [0.15, 0.2) is 0 Å². The third kappa shape index (κ3) is 3.93. The van der Waals surface area contributed by atoms with E-state index in [9.17, 15) is 5.11 Å². The number of benzene rings is 1. The van der Waals surface area contributed by atoms with Crippen LogP contribution in [0.1, 0.15) is 24.3 Å². The van der Waals surface area contributed by atoms with Gasteiger partial charge in [0, 0.05) is 19.7 Å². The molecule has 0 radical (unpaired) electrons. The quantitative estimate of drug-likeness (QED) is 0.785. The Kier molecular flexibility index (Phi) is 5.19. The summed E-state index contributed by atoms with van der Waals surface area (Å²) in [6.45, 7) is 0.996. The van der Waals surface area contributed by atoms with Crippen LogP contribution in [0, 0.1) is 0 Å². The lowest BCUT2D eigenvalue weighted by Gasteiger charge is -2.37. The van der Waals surface area contributed by atoms with Gasteiger partial charge in [0.2, 0.25) is 0 Å². The van der Waals surface area contributed by atoms with E-state index in [0.29, 0.717) is 25.1 Å². The van der Waals surface area contributed by atoms with Crippen molar-refractivity contribution in [3.05, 3.63) is 29.8 Å². The fraction of sp³-hybridized carbons (Fsp3) is 0.600. The molecule has 1 aromatic rings. The van der Waals surface area contributed by atoms with Crippen molar-refractivity contribution in [1.82, 2.24) is 5.32 Å². The first kappa shape index (κ1) is 14.3. The van der Waals surface area contributed by atoms with Gasteiger partial charge < -0.3 is 19.9 Å². The van der Waals surface area contributed by atoms with Gasteiger partial charge in [-0.15, -0.1) is 0 Å². The third-order valence-electron chi connectivity index (χ3n) is 3.73. The highest BCUT2D eigenvalue weighted by atomic mass is 16.5. The lowest BCUT2D eigenvalue weighted by Crippen LogP contribution is -2.44. The number of rotatable bonds is 7. The topological polar surface area (TPSA) is 50.7 Å². The van der Waals surface area contributed by atoms with Crippen LogP contribution in [0.3, 0.4) is 0 Å². The largest absolute Gasteiger partial charge is 0.497 e. The molecule has 1 unspecified atom stereocenters. The molecule has 1 aliphatic carbocycles. The minimum Gasteiger partial charge on any atom is -0.497 e. The van der Waals surface area contributed by atoms with Crippen molar-refractivity contribution < 1.29 is 14.6 Å². The number of ether oxygens (including phenoxy) is 2. The molecule has 4 heteroatoms. The van der Waals surface area contributed by atoms with E-state index in [1.807, 2.05) is 12.1 Å². The van der Waals surface area contributed by atoms with E-state index < -0.39 is 6.10 Å². The highest BCUT2D eigenvalue weighted by molar-refractivity contribution is 5.30. The van der Waals surface area contributed by atoms with Crippen LogP contribution in [0.4, 0.5) is 0 Å². The molecule has 0 aromatic heterocycles. The summed E-state index contributed by atoms with van der Waals surface area (Å²) in [4.78, 5) is 0. The Morgan fingerprint density at radius 3 is 2.53 bits per heavy atom. The van der Waals surface area contributed by atoms with Gasteiger partial charge in [-0.2, -0.15) is 0 Å². The van der Waals surface area contributed by atoms with Gasteiger partial charge >= 0.3 is 0 Å². The van der Waals surface area contributed by atoms with Gasteiger partial charge in [0.1, 0.15) is 5.75 Å². The zero-order valence-electron chi connectivity index (χ0n) is 11.6. The molecule has 0 amide bonds. The molecule has 1 saturated carbocycles. The number of aliphatic hydroxyl groups excluding tert-OH is 1. The fourth-order valence-electron chi connectivity index (χ4n) is 2.49. The van der Waals surface area contributed by atoms with E-state index in [-0.39, 0.29) is 0 Å². The molecule has 1 atom stereocenters. The number of methoxy groups -OCH3 is 2. The van der Waals surface area contributed by atoms with Crippen LogP contribution in [0.5, 0.6) is 5.75 Å². The maximum Gasteiger partial charge on any atom is 0.118 e. The van der Waals surface area contributed by atoms with Crippen LogP contribution in [-0.4, -0.2) is 44.6 Å². The van der Waals surface area contributed by atoms with Crippen molar-refractivity contribution in [3.8, 4) is 5.75 Å². The molecule has 1 aliphatic rings. The SMILES string of the molecule is COCC(O)CNC1CC(c2ccc(OC)cc2)C1. The summed E-state index contributed by atoms with van der Waals surface area (Å²) < 4.78 is 10.1. The molecule has 2 rings (SSSR count). The average molecular weight is 265 g/mol. The number of nitrogens with one attached hydrogen (secondary N) is 1. The van der Waals surface area contributed by atoms with Gasteiger partial charge in [0.05, 0.1) is 19.8 Å². The van der Waals surface area contributed by atoms with Crippen LogP contribution in [0.15, 0.2) is 24.3 Å². The summed E-state index contributed by atoms with van der Waals surface area (Å²) in [7, 11) is 3.29. The second-order valence-corrected chi connectivity index (χ2v) is 5.16. The summed E-state index contributed by atoms with van der Waals surface area (Å²) in [5, 5.41) is 12.9. The van der Waals surface area contributed by atoms with Crippen molar-refractivity contribution in [2.24, 2.45) is 0 Å². The Hall–Kier alpha value is -1.10. The molecule has 106 valence electrons. The van der Waals surface area contributed by atoms with E-state index in [0.717, 1.165) is 18.6 Å². The molecular weight excluding hydrogens is 242 g/mol. The molecule has 19 heavy (non-hydrogen) atoms. The van der Waals surface area contributed by atoms with Crippen LogP contribution < -0.4 is 10.1 Å². The highest BCUT2D eigenvalue weighted by Gasteiger charge is 2.30. The second-order valence-electron chi connectivity index (χ2n) is 5.16. The first-order valence-electron chi connectivity index (χ1n) is 6.77. The highest BCUT2D eigenvalue weighted by Crippen LogP contribution is 2.37. The van der Waals surface area contributed by atoms with Crippen molar-refractivity contribution >= 4 is 0 Å². The minimum absolute atomic E-state index is 0.391.